The summed E-state index contributed by atoms with van der Waals surface area (Å²) in [6, 6.07) is 5.58. The molecule has 7 nitrogen and oxygen atoms in total. The molecule has 0 saturated carbocycles. The number of fused-ring (bicyclic) bond motifs is 1. The number of likely N-dealkylation sites (N-methyl/N-ethyl adjacent to an activating group) is 1. The summed E-state index contributed by atoms with van der Waals surface area (Å²) in [6.07, 6.45) is 0. The molecule has 1 aromatic rings. The second-order valence-electron chi connectivity index (χ2n) is 5.97. The van der Waals surface area contributed by atoms with Crippen molar-refractivity contribution in [3.63, 3.8) is 0 Å². The third kappa shape index (κ3) is 4.86. The number of hydrogen-bond donors (Lipinski definition) is 3. The quantitative estimate of drug-likeness (QED) is 0.679. The molecule has 0 saturated heterocycles. The van der Waals surface area contributed by atoms with Crippen LogP contribution in [0.2, 0.25) is 0 Å². The highest BCUT2D eigenvalue weighted by Crippen LogP contribution is 2.34. The molecule has 1 heterocycles. The van der Waals surface area contributed by atoms with E-state index in [2.05, 4.69) is 16.0 Å². The zero-order chi connectivity index (χ0) is 17.5. The first-order valence-corrected chi connectivity index (χ1v) is 8.11. The molecule has 7 heteroatoms. The van der Waals surface area contributed by atoms with Gasteiger partial charge in [-0.1, -0.05) is 19.9 Å². The maximum atomic E-state index is 12.1. The maximum absolute atomic E-state index is 12.1. The Labute approximate surface area is 142 Å². The lowest BCUT2D eigenvalue weighted by Crippen LogP contribution is -2.41. The van der Waals surface area contributed by atoms with E-state index >= 15 is 0 Å². The van der Waals surface area contributed by atoms with E-state index in [1.807, 2.05) is 32.0 Å². The zero-order valence-corrected chi connectivity index (χ0v) is 14.3. The van der Waals surface area contributed by atoms with Gasteiger partial charge in [0.2, 0.25) is 11.8 Å². The third-order valence-corrected chi connectivity index (χ3v) is 3.76. The lowest BCUT2D eigenvalue weighted by atomic mass is 9.95. The van der Waals surface area contributed by atoms with Gasteiger partial charge in [-0.05, 0) is 23.6 Å². The van der Waals surface area contributed by atoms with Gasteiger partial charge in [-0.3, -0.25) is 14.9 Å². The van der Waals surface area contributed by atoms with Crippen molar-refractivity contribution >= 4 is 11.8 Å². The number of carbonyl (C=O) groups excluding carboxylic acids is 2. The van der Waals surface area contributed by atoms with Crippen LogP contribution in [0.25, 0.3) is 0 Å². The summed E-state index contributed by atoms with van der Waals surface area (Å²) in [5.41, 5.74) is 0.967. The first-order valence-electron chi connectivity index (χ1n) is 8.11. The topological polar surface area (TPSA) is 88.7 Å². The van der Waals surface area contributed by atoms with Gasteiger partial charge in [0.1, 0.15) is 13.2 Å². The minimum atomic E-state index is -0.160. The number of ether oxygens (including phenoxy) is 2. The predicted molar refractivity (Wildman–Crippen MR) is 90.1 cm³/mol. The standard InChI is InChI=1S/C17H25N3O4/c1-11(2)17(20-16(22)10-19-9-15(21)18-3)12-4-5-13-14(8-12)24-7-6-23-13/h4-5,8,11,17,19H,6-7,9-10H2,1-3H3,(H,18,21)(H,20,22)/t17-/m0/s1. The Morgan fingerprint density at radius 2 is 1.75 bits per heavy atom. The van der Waals surface area contributed by atoms with Crippen molar-refractivity contribution in [2.24, 2.45) is 5.92 Å². The summed E-state index contributed by atoms with van der Waals surface area (Å²) >= 11 is 0. The Kier molecular flexibility index (Phi) is 6.43. The van der Waals surface area contributed by atoms with Gasteiger partial charge in [0.15, 0.2) is 11.5 Å². The predicted octanol–water partition coefficient (Wildman–Crippen LogP) is 0.607. The molecule has 0 spiro atoms. The van der Waals surface area contributed by atoms with E-state index in [1.165, 1.54) is 0 Å². The lowest BCUT2D eigenvalue weighted by molar-refractivity contribution is -0.121. The van der Waals surface area contributed by atoms with Crippen molar-refractivity contribution < 1.29 is 19.1 Å². The molecule has 0 bridgehead atoms. The summed E-state index contributed by atoms with van der Waals surface area (Å²) in [4.78, 5) is 23.3. The highest BCUT2D eigenvalue weighted by atomic mass is 16.6. The molecular formula is C17H25N3O4. The number of hydrogen-bond acceptors (Lipinski definition) is 5. The smallest absolute Gasteiger partial charge is 0.234 e. The fourth-order valence-electron chi connectivity index (χ4n) is 2.49. The SMILES string of the molecule is CNC(=O)CNCC(=O)N[C@H](c1ccc2c(c1)OCCO2)C(C)C. The summed E-state index contributed by atoms with van der Waals surface area (Å²) < 4.78 is 11.1. The fraction of sp³-hybridized carbons (Fsp3) is 0.529. The Morgan fingerprint density at radius 1 is 1.08 bits per heavy atom. The van der Waals surface area contributed by atoms with Crippen LogP contribution in [0.4, 0.5) is 0 Å². The molecule has 3 N–H and O–H groups in total. The van der Waals surface area contributed by atoms with Gasteiger partial charge in [-0.15, -0.1) is 0 Å². The van der Waals surface area contributed by atoms with Crippen LogP contribution in [0.15, 0.2) is 18.2 Å². The fourth-order valence-corrected chi connectivity index (χ4v) is 2.49. The Hall–Kier alpha value is -2.28. The molecule has 1 atom stereocenters. The summed E-state index contributed by atoms with van der Waals surface area (Å²) in [5, 5.41) is 8.31. The number of amides is 2. The molecule has 132 valence electrons. The van der Waals surface area contributed by atoms with Gasteiger partial charge in [-0.2, -0.15) is 0 Å². The zero-order valence-electron chi connectivity index (χ0n) is 14.3. The van der Waals surface area contributed by atoms with Gasteiger partial charge in [-0.25, -0.2) is 0 Å². The van der Waals surface area contributed by atoms with Crippen LogP contribution in [0.3, 0.4) is 0 Å². The van der Waals surface area contributed by atoms with Crippen LogP contribution in [0.1, 0.15) is 25.5 Å². The molecule has 1 aromatic carbocycles. The average molecular weight is 335 g/mol. The second-order valence-corrected chi connectivity index (χ2v) is 5.97. The van der Waals surface area contributed by atoms with Crippen LogP contribution in [-0.4, -0.2) is 45.2 Å². The van der Waals surface area contributed by atoms with Gasteiger partial charge < -0.3 is 20.1 Å². The minimum Gasteiger partial charge on any atom is -0.486 e. The molecule has 0 unspecified atom stereocenters. The summed E-state index contributed by atoms with van der Waals surface area (Å²) in [6.45, 7) is 5.35. The van der Waals surface area contributed by atoms with E-state index in [-0.39, 0.29) is 36.9 Å². The van der Waals surface area contributed by atoms with Gasteiger partial charge in [0, 0.05) is 7.05 Å². The number of nitrogens with one attached hydrogen (secondary N) is 3. The van der Waals surface area contributed by atoms with E-state index in [9.17, 15) is 9.59 Å². The molecule has 0 fully saturated rings. The molecule has 0 aliphatic carbocycles. The largest absolute Gasteiger partial charge is 0.486 e. The van der Waals surface area contributed by atoms with Crippen LogP contribution in [0.5, 0.6) is 11.5 Å². The van der Waals surface area contributed by atoms with Crippen molar-refractivity contribution in [2.75, 3.05) is 33.4 Å². The van der Waals surface area contributed by atoms with E-state index in [1.54, 1.807) is 7.05 Å². The van der Waals surface area contributed by atoms with Gasteiger partial charge in [0.25, 0.3) is 0 Å². The van der Waals surface area contributed by atoms with E-state index in [0.717, 1.165) is 11.3 Å². The van der Waals surface area contributed by atoms with Crippen molar-refractivity contribution in [3.05, 3.63) is 23.8 Å². The molecular weight excluding hydrogens is 310 g/mol. The van der Waals surface area contributed by atoms with Gasteiger partial charge >= 0.3 is 0 Å². The minimum absolute atomic E-state index is 0.0845. The Morgan fingerprint density at radius 3 is 2.42 bits per heavy atom. The van der Waals surface area contributed by atoms with Crippen LogP contribution < -0.4 is 25.4 Å². The second kappa shape index (κ2) is 8.54. The highest BCUT2D eigenvalue weighted by Gasteiger charge is 2.21. The Balaban J connectivity index is 1.99. The van der Waals surface area contributed by atoms with Crippen molar-refractivity contribution in [3.8, 4) is 11.5 Å². The number of carbonyl (C=O) groups is 2. The van der Waals surface area contributed by atoms with E-state index in [0.29, 0.717) is 19.0 Å². The molecule has 24 heavy (non-hydrogen) atoms. The van der Waals surface area contributed by atoms with Crippen LogP contribution >= 0.6 is 0 Å². The lowest BCUT2D eigenvalue weighted by Gasteiger charge is -2.25. The normalized spacial score (nSPS) is 14.2. The van der Waals surface area contributed by atoms with E-state index in [4.69, 9.17) is 9.47 Å². The van der Waals surface area contributed by atoms with Crippen molar-refractivity contribution in [2.45, 2.75) is 19.9 Å². The summed E-state index contributed by atoms with van der Waals surface area (Å²) in [7, 11) is 1.56. The van der Waals surface area contributed by atoms with Crippen molar-refractivity contribution in [1.82, 2.24) is 16.0 Å². The Bertz CT molecular complexity index is 589. The maximum Gasteiger partial charge on any atom is 0.234 e. The van der Waals surface area contributed by atoms with Crippen LogP contribution in [-0.2, 0) is 9.59 Å². The van der Waals surface area contributed by atoms with Gasteiger partial charge in [0.05, 0.1) is 19.1 Å². The molecule has 2 rings (SSSR count). The number of benzene rings is 1. The van der Waals surface area contributed by atoms with Crippen LogP contribution in [0, 0.1) is 5.92 Å². The molecule has 1 aliphatic rings. The van der Waals surface area contributed by atoms with E-state index < -0.39 is 0 Å². The highest BCUT2D eigenvalue weighted by molar-refractivity contribution is 5.81. The number of rotatable bonds is 7. The molecule has 1 aliphatic heterocycles. The first kappa shape index (κ1) is 18.1. The molecule has 0 radical (unpaired) electrons. The first-order chi connectivity index (χ1) is 11.5. The average Bonchev–Trinajstić information content (AvgIpc) is 2.58. The monoisotopic (exact) mass is 335 g/mol. The van der Waals surface area contributed by atoms with Crippen molar-refractivity contribution in [1.29, 1.82) is 0 Å². The molecule has 2 amide bonds. The molecule has 0 aromatic heterocycles. The summed E-state index contributed by atoms with van der Waals surface area (Å²) in [5.74, 6) is 1.32. The third-order valence-electron chi connectivity index (χ3n) is 3.76.